The molecule has 0 fully saturated rings. The number of benzene rings is 5. The zero-order valence-corrected chi connectivity index (χ0v) is 28.8. The van der Waals surface area contributed by atoms with Gasteiger partial charge in [-0.05, 0) is 79.1 Å². The first kappa shape index (κ1) is 27.9. The van der Waals surface area contributed by atoms with Crippen molar-refractivity contribution >= 4 is 75.3 Å². The standard InChI is InChI=1S/C47H33N3S/c1-28-24-41-33(30-12-2-3-13-31(30)38-16-9-11-23-49(38)41)21-20-29-25-42-37(26-35(29)39-17-8-10-22-48(28)39)46-45-34-15-5-7-19-43(34)51-44(45)27-36-32-14-4-6-18-40(32)50(42)47(36)46/h2-19,22-23,25-27,33,41H,1,20-21,24H2/q+2. The smallest absolute Gasteiger partial charge is 0.218 e. The fraction of sp³-hybridized carbons (Fsp3) is 0.106. The Bertz CT molecular complexity index is 3110. The van der Waals surface area contributed by atoms with E-state index in [1.54, 1.807) is 0 Å². The maximum absolute atomic E-state index is 4.80. The van der Waals surface area contributed by atoms with Crippen LogP contribution in [0, 0.1) is 0 Å². The van der Waals surface area contributed by atoms with E-state index in [0.29, 0.717) is 5.92 Å². The van der Waals surface area contributed by atoms with Crippen LogP contribution < -0.4 is 9.13 Å². The number of rotatable bonds is 0. The lowest BCUT2D eigenvalue weighted by atomic mass is 9.77. The second kappa shape index (κ2) is 10.1. The highest BCUT2D eigenvalue weighted by atomic mass is 32.1. The number of hydrogen-bond acceptors (Lipinski definition) is 1. The summed E-state index contributed by atoms with van der Waals surface area (Å²) in [6, 6.07) is 48.1. The van der Waals surface area contributed by atoms with Crippen LogP contribution in [0.25, 0.3) is 86.5 Å². The van der Waals surface area contributed by atoms with Crippen molar-refractivity contribution in [2.45, 2.75) is 31.2 Å². The fourth-order valence-corrected chi connectivity index (χ4v) is 11.1. The fourth-order valence-electron chi connectivity index (χ4n) is 9.91. The molecule has 240 valence electrons. The Morgan fingerprint density at radius 1 is 0.627 bits per heavy atom. The molecule has 5 aromatic carbocycles. The van der Waals surface area contributed by atoms with E-state index < -0.39 is 0 Å². The van der Waals surface area contributed by atoms with Gasteiger partial charge in [0.2, 0.25) is 11.4 Å². The van der Waals surface area contributed by atoms with E-state index in [2.05, 4.69) is 153 Å². The number of para-hydroxylation sites is 1. The third kappa shape index (κ3) is 3.67. The van der Waals surface area contributed by atoms with E-state index in [4.69, 9.17) is 6.58 Å². The molecule has 12 rings (SSSR count). The summed E-state index contributed by atoms with van der Waals surface area (Å²) in [5, 5.41) is 8.11. The average Bonchev–Trinajstić information content (AvgIpc) is 3.83. The Morgan fingerprint density at radius 2 is 1.41 bits per heavy atom. The summed E-state index contributed by atoms with van der Waals surface area (Å²) < 4.78 is 10.2. The molecule has 2 aliphatic heterocycles. The van der Waals surface area contributed by atoms with Crippen molar-refractivity contribution in [2.24, 2.45) is 0 Å². The zero-order chi connectivity index (χ0) is 33.4. The number of allylic oxidation sites excluding steroid dienone is 1. The lowest BCUT2D eigenvalue weighted by molar-refractivity contribution is -0.720. The third-order valence-electron chi connectivity index (χ3n) is 12.0. The molecule has 10 aromatic rings. The predicted molar refractivity (Wildman–Crippen MR) is 212 cm³/mol. The summed E-state index contributed by atoms with van der Waals surface area (Å²) >= 11 is 1.92. The van der Waals surface area contributed by atoms with E-state index in [0.717, 1.165) is 25.0 Å². The molecule has 0 bridgehead atoms. The summed E-state index contributed by atoms with van der Waals surface area (Å²) in [6.07, 6.45) is 7.43. The predicted octanol–water partition coefficient (Wildman–Crippen LogP) is 11.3. The van der Waals surface area contributed by atoms with Gasteiger partial charge in [-0.15, -0.1) is 11.3 Å². The SMILES string of the molecule is C=C1CC2C(CCc3cc4c(cc3-c3cccc[n+]31)c1c3c(cc5c6ccccc6n4c51)sc1ccccc13)c1ccccc1-c1cccc[n+]12. The van der Waals surface area contributed by atoms with E-state index >= 15 is 0 Å². The van der Waals surface area contributed by atoms with Crippen LogP contribution in [-0.2, 0) is 6.42 Å². The van der Waals surface area contributed by atoms with Gasteiger partial charge in [0.05, 0.1) is 28.5 Å². The second-order valence-corrected chi connectivity index (χ2v) is 15.6. The summed E-state index contributed by atoms with van der Waals surface area (Å²) in [6.45, 7) is 4.80. The van der Waals surface area contributed by atoms with Gasteiger partial charge in [-0.25, -0.2) is 0 Å². The zero-order valence-electron chi connectivity index (χ0n) is 28.0. The Kier molecular flexibility index (Phi) is 5.54. The van der Waals surface area contributed by atoms with Gasteiger partial charge in [0.15, 0.2) is 24.1 Å². The molecule has 3 nitrogen and oxygen atoms in total. The van der Waals surface area contributed by atoms with Crippen LogP contribution in [0.3, 0.4) is 0 Å². The van der Waals surface area contributed by atoms with Gasteiger partial charge in [-0.1, -0.05) is 54.6 Å². The van der Waals surface area contributed by atoms with Gasteiger partial charge < -0.3 is 4.40 Å². The maximum atomic E-state index is 4.80. The minimum Gasteiger partial charge on any atom is -0.308 e. The highest BCUT2D eigenvalue weighted by Gasteiger charge is 2.42. The Morgan fingerprint density at radius 3 is 2.35 bits per heavy atom. The number of fused-ring (bicyclic) bond motifs is 19. The van der Waals surface area contributed by atoms with Crippen LogP contribution in [-0.4, -0.2) is 4.40 Å². The van der Waals surface area contributed by atoms with Crippen LogP contribution >= 0.6 is 11.3 Å². The van der Waals surface area contributed by atoms with Crippen LogP contribution in [0.5, 0.6) is 0 Å². The molecule has 2 aliphatic rings. The van der Waals surface area contributed by atoms with Gasteiger partial charge >= 0.3 is 0 Å². The molecule has 0 radical (unpaired) electrons. The highest BCUT2D eigenvalue weighted by Crippen LogP contribution is 2.49. The molecule has 4 heteroatoms. The number of thiophene rings is 1. The van der Waals surface area contributed by atoms with Crippen molar-refractivity contribution in [3.8, 4) is 22.5 Å². The van der Waals surface area contributed by atoms with E-state index in [1.165, 1.54) is 91.9 Å². The first-order chi connectivity index (χ1) is 25.2. The third-order valence-corrected chi connectivity index (χ3v) is 13.1. The monoisotopic (exact) mass is 671 g/mol. The minimum atomic E-state index is 0.276. The number of aromatic nitrogens is 3. The van der Waals surface area contributed by atoms with Gasteiger partial charge in [0.25, 0.3) is 0 Å². The highest BCUT2D eigenvalue weighted by molar-refractivity contribution is 7.26. The van der Waals surface area contributed by atoms with Crippen molar-refractivity contribution in [3.63, 3.8) is 0 Å². The van der Waals surface area contributed by atoms with Crippen molar-refractivity contribution in [1.82, 2.24) is 4.40 Å². The van der Waals surface area contributed by atoms with Crippen LogP contribution in [0.2, 0.25) is 0 Å². The molecule has 2 unspecified atom stereocenters. The number of hydrogen-bond donors (Lipinski definition) is 0. The van der Waals surface area contributed by atoms with Gasteiger partial charge in [-0.3, -0.25) is 0 Å². The summed E-state index contributed by atoms with van der Waals surface area (Å²) in [7, 11) is 0. The molecular formula is C47H33N3S+2. The van der Waals surface area contributed by atoms with E-state index in [9.17, 15) is 0 Å². The van der Waals surface area contributed by atoms with Crippen molar-refractivity contribution in [2.75, 3.05) is 0 Å². The van der Waals surface area contributed by atoms with Crippen LogP contribution in [0.1, 0.15) is 35.9 Å². The molecular weight excluding hydrogens is 639 g/mol. The van der Waals surface area contributed by atoms with Crippen molar-refractivity contribution in [1.29, 1.82) is 0 Å². The number of pyridine rings is 2. The molecule has 0 spiro atoms. The van der Waals surface area contributed by atoms with Crippen molar-refractivity contribution < 1.29 is 9.13 Å². The van der Waals surface area contributed by atoms with Gasteiger partial charge in [0, 0.05) is 77.5 Å². The minimum absolute atomic E-state index is 0.276. The molecule has 7 heterocycles. The average molecular weight is 672 g/mol. The van der Waals surface area contributed by atoms with E-state index in [-0.39, 0.29) is 6.04 Å². The molecule has 0 saturated carbocycles. The molecule has 2 atom stereocenters. The van der Waals surface area contributed by atoms with Gasteiger partial charge in [-0.2, -0.15) is 9.13 Å². The maximum Gasteiger partial charge on any atom is 0.218 e. The van der Waals surface area contributed by atoms with E-state index in [1.807, 2.05) is 11.3 Å². The summed E-state index contributed by atoms with van der Waals surface area (Å²) in [5.74, 6) is 0.359. The molecule has 0 aliphatic carbocycles. The first-order valence-corrected chi connectivity index (χ1v) is 18.9. The largest absolute Gasteiger partial charge is 0.308 e. The molecule has 0 saturated heterocycles. The molecule has 0 amide bonds. The van der Waals surface area contributed by atoms with Crippen LogP contribution in [0.4, 0.5) is 0 Å². The first-order valence-electron chi connectivity index (χ1n) is 18.1. The number of aryl methyl sites for hydroxylation is 1. The molecule has 0 N–H and O–H groups in total. The molecule has 5 aromatic heterocycles. The Hall–Kier alpha value is -5.84. The normalized spacial score (nSPS) is 17.2. The van der Waals surface area contributed by atoms with Crippen LogP contribution in [0.15, 0.2) is 146 Å². The topological polar surface area (TPSA) is 12.2 Å². The summed E-state index contributed by atoms with van der Waals surface area (Å²) in [4.78, 5) is 0. The Balaban J connectivity index is 1.19. The lowest BCUT2D eigenvalue weighted by Gasteiger charge is -2.31. The number of nitrogens with zero attached hydrogens (tertiary/aromatic N) is 3. The lowest BCUT2D eigenvalue weighted by Crippen LogP contribution is -2.49. The quantitative estimate of drug-likeness (QED) is 0.142. The van der Waals surface area contributed by atoms with Crippen molar-refractivity contribution in [3.05, 3.63) is 157 Å². The summed E-state index contributed by atoms with van der Waals surface area (Å²) in [5.41, 5.74) is 13.1. The Labute approximate surface area is 298 Å². The second-order valence-electron chi connectivity index (χ2n) is 14.5. The van der Waals surface area contributed by atoms with Gasteiger partial charge in [0.1, 0.15) is 0 Å². The molecule has 51 heavy (non-hydrogen) atoms.